The number of halogens is 1. The molecule has 4 fully saturated rings. The number of carbonyl (C=O) groups excluding carboxylic acids is 1. The van der Waals surface area contributed by atoms with Crippen molar-refractivity contribution in [2.75, 3.05) is 7.11 Å². The summed E-state index contributed by atoms with van der Waals surface area (Å²) in [6, 6.07) is 0. The highest BCUT2D eigenvalue weighted by molar-refractivity contribution is 6.69. The number of alkyl halides is 1. The molecule has 0 spiro atoms. The summed E-state index contributed by atoms with van der Waals surface area (Å²) in [6.07, 6.45) is 6.68. The van der Waals surface area contributed by atoms with E-state index in [-0.39, 0.29) is 34.7 Å². The van der Waals surface area contributed by atoms with Gasteiger partial charge in [-0.1, -0.05) is 34.1 Å². The first-order valence-corrected chi connectivity index (χ1v) is 18.3. The summed E-state index contributed by atoms with van der Waals surface area (Å²) in [6.45, 7) is 16.3. The highest BCUT2D eigenvalue weighted by Gasteiger charge is 2.67. The molecule has 4 aliphatic rings. The van der Waals surface area contributed by atoms with Gasteiger partial charge in [-0.3, -0.25) is 4.79 Å². The molecule has 36 heavy (non-hydrogen) atoms. The van der Waals surface area contributed by atoms with Crippen LogP contribution in [0.25, 0.3) is 0 Å². The van der Waals surface area contributed by atoms with Crippen molar-refractivity contribution in [3.05, 3.63) is 0 Å². The molecule has 12 atom stereocenters. The Morgan fingerprint density at radius 1 is 1.08 bits per heavy atom. The lowest BCUT2D eigenvalue weighted by Crippen LogP contribution is -2.66. The van der Waals surface area contributed by atoms with E-state index in [1.807, 2.05) is 0 Å². The third kappa shape index (κ3) is 4.74. The van der Waals surface area contributed by atoms with E-state index < -0.39 is 20.6 Å². The van der Waals surface area contributed by atoms with Gasteiger partial charge in [0.05, 0.1) is 19.3 Å². The van der Waals surface area contributed by atoms with Crippen LogP contribution in [0.5, 0.6) is 0 Å². The summed E-state index contributed by atoms with van der Waals surface area (Å²) in [7, 11) is -0.393. The van der Waals surface area contributed by atoms with Crippen LogP contribution in [0.1, 0.15) is 85.5 Å². The summed E-state index contributed by atoms with van der Waals surface area (Å²) in [5.41, 5.74) is 0.168. The molecule has 0 amide bonds. The number of hydrogen-bond donors (Lipinski definition) is 1. The summed E-state index contributed by atoms with van der Waals surface area (Å²) >= 11 is 0. The van der Waals surface area contributed by atoms with Crippen molar-refractivity contribution in [2.24, 2.45) is 52.3 Å². The van der Waals surface area contributed by atoms with Crippen LogP contribution < -0.4 is 0 Å². The summed E-state index contributed by atoms with van der Waals surface area (Å²) < 4.78 is 27.9. The second-order valence-corrected chi connectivity index (χ2v) is 18.9. The topological polar surface area (TPSA) is 55.8 Å². The molecule has 0 aromatic heterocycles. The van der Waals surface area contributed by atoms with Gasteiger partial charge in [-0.15, -0.1) is 0 Å². The van der Waals surface area contributed by atoms with Crippen molar-refractivity contribution >= 4 is 14.3 Å². The minimum absolute atomic E-state index is 0.0702. The maximum Gasteiger partial charge on any atom is 0.305 e. The van der Waals surface area contributed by atoms with Crippen LogP contribution in [0.4, 0.5) is 4.39 Å². The molecule has 0 bridgehead atoms. The van der Waals surface area contributed by atoms with E-state index in [2.05, 4.69) is 47.3 Å². The molecule has 208 valence electrons. The average Bonchev–Trinajstić information content (AvgIpc) is 3.17. The van der Waals surface area contributed by atoms with Crippen LogP contribution >= 0.6 is 0 Å². The molecule has 0 radical (unpaired) electrons. The molecule has 0 aromatic carbocycles. The Kier molecular flexibility index (Phi) is 8.13. The number of esters is 1. The molecule has 4 saturated carbocycles. The second-order valence-electron chi connectivity index (χ2n) is 14.5. The quantitative estimate of drug-likeness (QED) is 0.287. The van der Waals surface area contributed by atoms with E-state index in [9.17, 15) is 9.90 Å². The Morgan fingerprint density at radius 3 is 2.33 bits per heavy atom. The van der Waals surface area contributed by atoms with Crippen LogP contribution in [0, 0.1) is 52.3 Å². The van der Waals surface area contributed by atoms with E-state index in [4.69, 9.17) is 9.16 Å². The van der Waals surface area contributed by atoms with Gasteiger partial charge in [-0.05, 0) is 111 Å². The number of aliphatic hydroxyl groups excluding tert-OH is 1. The maximum atomic E-state index is 15.9. The molecule has 1 N–H and O–H groups in total. The molecule has 6 heteroatoms. The molecule has 0 saturated heterocycles. The lowest BCUT2D eigenvalue weighted by atomic mass is 9.41. The van der Waals surface area contributed by atoms with E-state index >= 15 is 4.39 Å². The molecule has 4 nitrogen and oxygen atoms in total. The highest BCUT2D eigenvalue weighted by Crippen LogP contribution is 2.70. The SMILES string of the molecule is CC[C@@H]1[C@@H]2[C@@H](F)[C@H](O)CC[C@]2(C)C2CC[C@@]3(C)C(CCC3[C@H](C)CCC(=O)OC)C2[C@@H]1O[Si](C)(C)C. The lowest BCUT2D eigenvalue weighted by Gasteiger charge is -2.66. The summed E-state index contributed by atoms with van der Waals surface area (Å²) in [5, 5.41) is 10.6. The van der Waals surface area contributed by atoms with Crippen LogP contribution in [0.2, 0.25) is 19.6 Å². The monoisotopic (exact) mass is 524 g/mol. The molecule has 4 rings (SSSR count). The first-order chi connectivity index (χ1) is 16.8. The molecule has 0 aromatic rings. The van der Waals surface area contributed by atoms with Gasteiger partial charge in [0.2, 0.25) is 0 Å². The van der Waals surface area contributed by atoms with Gasteiger partial charge < -0.3 is 14.3 Å². The molecule has 0 aliphatic heterocycles. The number of hydrogen-bond acceptors (Lipinski definition) is 4. The van der Waals surface area contributed by atoms with Crippen LogP contribution in [0.15, 0.2) is 0 Å². The molecule has 4 aliphatic carbocycles. The molecular formula is C30H53FO4Si. The number of methoxy groups -OCH3 is 1. The average molecular weight is 525 g/mol. The number of aliphatic hydroxyl groups is 1. The third-order valence-electron chi connectivity index (χ3n) is 11.6. The van der Waals surface area contributed by atoms with Crippen molar-refractivity contribution in [3.63, 3.8) is 0 Å². The Bertz CT molecular complexity index is 800. The zero-order valence-electron chi connectivity index (χ0n) is 24.2. The van der Waals surface area contributed by atoms with E-state index in [1.165, 1.54) is 26.4 Å². The highest BCUT2D eigenvalue weighted by atomic mass is 28.4. The van der Waals surface area contributed by atoms with Crippen molar-refractivity contribution in [1.82, 2.24) is 0 Å². The van der Waals surface area contributed by atoms with E-state index in [1.54, 1.807) is 0 Å². The lowest BCUT2D eigenvalue weighted by molar-refractivity contribution is -0.218. The molecule has 0 heterocycles. The predicted molar refractivity (Wildman–Crippen MR) is 145 cm³/mol. The van der Waals surface area contributed by atoms with Gasteiger partial charge >= 0.3 is 5.97 Å². The minimum Gasteiger partial charge on any atom is -0.469 e. The predicted octanol–water partition coefficient (Wildman–Crippen LogP) is 7.01. The Labute approximate surface area is 220 Å². The Morgan fingerprint density at radius 2 is 1.72 bits per heavy atom. The van der Waals surface area contributed by atoms with Gasteiger partial charge in [0, 0.05) is 12.3 Å². The van der Waals surface area contributed by atoms with E-state index in [0.29, 0.717) is 42.4 Å². The van der Waals surface area contributed by atoms with Crippen molar-refractivity contribution in [1.29, 1.82) is 0 Å². The fourth-order valence-corrected chi connectivity index (χ4v) is 11.3. The fraction of sp³-hybridized carbons (Fsp3) is 0.967. The minimum atomic E-state index is -1.87. The molecular weight excluding hydrogens is 471 g/mol. The van der Waals surface area contributed by atoms with Crippen molar-refractivity contribution in [2.45, 2.75) is 124 Å². The zero-order chi connectivity index (χ0) is 26.6. The Hall–Kier alpha value is -0.463. The standard InChI is InChI=1S/C30H53FO4Si/c1-9-19-26-27(31)23(32)15-17-30(26,4)22-14-16-29(3)20(18(2)10-13-24(33)34-5)11-12-21(29)25(22)28(19)35-36(6,7)8/h18-23,25-28,32H,9-17H2,1-8H3/t18-,19-,20?,21?,22?,23-,25?,26-,27+,28-,29-,30-/m1/s1. The summed E-state index contributed by atoms with van der Waals surface area (Å²) in [5.74, 6) is 2.53. The van der Waals surface area contributed by atoms with E-state index in [0.717, 1.165) is 25.7 Å². The normalized spacial score (nSPS) is 47.4. The fourth-order valence-electron chi connectivity index (χ4n) is 10.1. The van der Waals surface area contributed by atoms with Gasteiger partial charge in [0.15, 0.2) is 8.32 Å². The second kappa shape index (κ2) is 10.3. The van der Waals surface area contributed by atoms with Gasteiger partial charge in [-0.25, -0.2) is 4.39 Å². The van der Waals surface area contributed by atoms with Gasteiger partial charge in [0.25, 0.3) is 0 Å². The van der Waals surface area contributed by atoms with Crippen molar-refractivity contribution in [3.8, 4) is 0 Å². The van der Waals surface area contributed by atoms with Crippen LogP contribution in [0.3, 0.4) is 0 Å². The third-order valence-corrected chi connectivity index (χ3v) is 12.6. The number of fused-ring (bicyclic) bond motifs is 5. The van der Waals surface area contributed by atoms with Crippen LogP contribution in [-0.2, 0) is 14.0 Å². The number of carbonyl (C=O) groups is 1. The first-order valence-electron chi connectivity index (χ1n) is 14.8. The van der Waals surface area contributed by atoms with Gasteiger partial charge in [0.1, 0.15) is 6.17 Å². The maximum absolute atomic E-state index is 15.9. The number of rotatable bonds is 7. The number of ether oxygens (including phenoxy) is 1. The van der Waals surface area contributed by atoms with Gasteiger partial charge in [-0.2, -0.15) is 0 Å². The largest absolute Gasteiger partial charge is 0.469 e. The Balaban J connectivity index is 1.70. The summed E-state index contributed by atoms with van der Waals surface area (Å²) in [4.78, 5) is 11.9. The first kappa shape index (κ1) is 28.5. The molecule has 4 unspecified atom stereocenters. The van der Waals surface area contributed by atoms with Crippen molar-refractivity contribution < 1.29 is 23.5 Å². The smallest absolute Gasteiger partial charge is 0.305 e. The zero-order valence-corrected chi connectivity index (χ0v) is 25.2. The van der Waals surface area contributed by atoms with Crippen LogP contribution in [-0.4, -0.2) is 44.9 Å².